The van der Waals surface area contributed by atoms with Gasteiger partial charge in [0, 0.05) is 37.9 Å². The molecule has 0 amide bonds. The summed E-state index contributed by atoms with van der Waals surface area (Å²) >= 11 is 0. The molecule has 0 bridgehead atoms. The molecule has 5 heteroatoms. The monoisotopic (exact) mass is 829 g/mol. The Morgan fingerprint density at radius 3 is 1.94 bits per heavy atom. The van der Waals surface area contributed by atoms with Crippen molar-refractivity contribution >= 4 is 35.2 Å². The van der Waals surface area contributed by atoms with Gasteiger partial charge in [-0.05, 0) is 57.9 Å². The summed E-state index contributed by atoms with van der Waals surface area (Å²) in [6, 6.07) is 52.0. The van der Waals surface area contributed by atoms with Gasteiger partial charge in [-0.1, -0.05) is 121 Å². The summed E-state index contributed by atoms with van der Waals surface area (Å²) in [5.41, 5.74) is 11.5. The number of pyridine rings is 2. The standard InChI is InChI=1S/C29H18NO.C15H18NSi.Ir/c1-3-8-20(9-4-1)22-14-15-24-25-12-7-13-26(29(25)31-28(24)19-22)27-18-23(16-17-30-27)21-10-5-2-6-11-21;1-12-10-14(13-8-6-5-7-9-13)16-11-15(12)17(2,3)4;/h1-12,14-19H;5-8,10-11H,1-4H3;/q2*-1;. The molecule has 0 N–H and O–H groups in total. The third-order valence-electron chi connectivity index (χ3n) is 8.57. The van der Waals surface area contributed by atoms with E-state index < -0.39 is 8.07 Å². The van der Waals surface area contributed by atoms with Crippen molar-refractivity contribution in [3.63, 3.8) is 0 Å². The Kier molecular flexibility index (Phi) is 10.2. The van der Waals surface area contributed by atoms with Crippen LogP contribution in [0.2, 0.25) is 19.6 Å². The van der Waals surface area contributed by atoms with Crippen molar-refractivity contribution in [2.45, 2.75) is 26.6 Å². The van der Waals surface area contributed by atoms with Crippen LogP contribution < -0.4 is 5.19 Å². The molecule has 3 nitrogen and oxygen atoms in total. The van der Waals surface area contributed by atoms with Gasteiger partial charge in [0.05, 0.1) is 13.7 Å². The van der Waals surface area contributed by atoms with Crippen LogP contribution in [0.5, 0.6) is 0 Å². The maximum absolute atomic E-state index is 6.37. The summed E-state index contributed by atoms with van der Waals surface area (Å²) in [7, 11) is -1.27. The summed E-state index contributed by atoms with van der Waals surface area (Å²) < 4.78 is 6.37. The SMILES string of the molecule is Cc1cc(-c2[c-]cccc2)ncc1[Si](C)(C)C.[Ir].[c-]1ccc2c(oc3cc(-c4ccccc4)ccc32)c1-c1cc(-c2ccccc2)ccn1. The molecule has 3 heterocycles. The first-order chi connectivity index (χ1) is 23.3. The number of hydrogen-bond donors (Lipinski definition) is 0. The van der Waals surface area contributed by atoms with E-state index in [0.29, 0.717) is 0 Å². The Bertz CT molecular complexity index is 2330. The first-order valence-corrected chi connectivity index (χ1v) is 19.7. The molecule has 8 rings (SSSR count). The second kappa shape index (κ2) is 14.7. The van der Waals surface area contributed by atoms with Crippen molar-refractivity contribution in [3.8, 4) is 44.8 Å². The van der Waals surface area contributed by atoms with Gasteiger partial charge in [0.2, 0.25) is 0 Å². The first-order valence-electron chi connectivity index (χ1n) is 16.2. The van der Waals surface area contributed by atoms with Crippen LogP contribution >= 0.6 is 0 Å². The van der Waals surface area contributed by atoms with Crippen LogP contribution in [0.4, 0.5) is 0 Å². The van der Waals surface area contributed by atoms with Crippen LogP contribution in [0, 0.1) is 19.1 Å². The zero-order chi connectivity index (χ0) is 33.1. The summed E-state index contributed by atoms with van der Waals surface area (Å²) in [6.07, 6.45) is 3.90. The third-order valence-corrected chi connectivity index (χ3v) is 10.7. The van der Waals surface area contributed by atoms with Gasteiger partial charge in [0.15, 0.2) is 0 Å². The molecule has 5 aromatic carbocycles. The van der Waals surface area contributed by atoms with Gasteiger partial charge < -0.3 is 14.4 Å². The van der Waals surface area contributed by atoms with Crippen molar-refractivity contribution in [1.29, 1.82) is 0 Å². The molecule has 0 atom stereocenters. The van der Waals surface area contributed by atoms with Crippen LogP contribution in [0.1, 0.15) is 5.56 Å². The maximum atomic E-state index is 6.37. The third kappa shape index (κ3) is 7.40. The van der Waals surface area contributed by atoms with Crippen LogP contribution in [0.25, 0.3) is 66.7 Å². The summed E-state index contributed by atoms with van der Waals surface area (Å²) in [4.78, 5) is 9.21. The van der Waals surface area contributed by atoms with E-state index in [1.165, 1.54) is 16.3 Å². The van der Waals surface area contributed by atoms with E-state index in [1.807, 2.05) is 60.8 Å². The zero-order valence-electron chi connectivity index (χ0n) is 28.0. The number of benzene rings is 5. The van der Waals surface area contributed by atoms with E-state index in [2.05, 4.69) is 134 Å². The second-order valence-electron chi connectivity index (χ2n) is 13.0. The van der Waals surface area contributed by atoms with Gasteiger partial charge in [-0.3, -0.25) is 0 Å². The number of aromatic nitrogens is 2. The molecule has 0 fully saturated rings. The number of aryl methyl sites for hydroxylation is 1. The minimum Gasteiger partial charge on any atom is -0.501 e. The Hall–Kier alpha value is -4.93. The number of hydrogen-bond acceptors (Lipinski definition) is 3. The van der Waals surface area contributed by atoms with Crippen molar-refractivity contribution < 1.29 is 24.5 Å². The number of rotatable bonds is 5. The zero-order valence-corrected chi connectivity index (χ0v) is 31.4. The number of furan rings is 1. The predicted molar refractivity (Wildman–Crippen MR) is 203 cm³/mol. The Morgan fingerprint density at radius 2 is 1.29 bits per heavy atom. The molecule has 0 aliphatic rings. The molecule has 0 saturated heterocycles. The Labute approximate surface area is 303 Å². The topological polar surface area (TPSA) is 38.9 Å². The molecular formula is C44H36IrN2OSi-2. The van der Waals surface area contributed by atoms with Gasteiger partial charge in [-0.15, -0.1) is 54.1 Å². The van der Waals surface area contributed by atoms with Gasteiger partial charge in [0.1, 0.15) is 5.58 Å². The summed E-state index contributed by atoms with van der Waals surface area (Å²) in [5, 5.41) is 3.62. The molecule has 8 aromatic rings. The molecule has 3 aromatic heterocycles. The van der Waals surface area contributed by atoms with E-state index in [0.717, 1.165) is 61.1 Å². The quantitative estimate of drug-likeness (QED) is 0.128. The minimum absolute atomic E-state index is 0. The normalized spacial score (nSPS) is 11.1. The fraction of sp³-hybridized carbons (Fsp3) is 0.0909. The van der Waals surface area contributed by atoms with Crippen LogP contribution in [0.3, 0.4) is 0 Å². The smallest absolute Gasteiger partial charge is 0.121 e. The molecule has 0 aliphatic heterocycles. The molecule has 0 aliphatic carbocycles. The molecule has 243 valence electrons. The average Bonchev–Trinajstić information content (AvgIpc) is 3.51. The maximum Gasteiger partial charge on any atom is 0.121 e. The van der Waals surface area contributed by atoms with E-state index in [9.17, 15) is 0 Å². The average molecular weight is 829 g/mol. The van der Waals surface area contributed by atoms with Crippen LogP contribution in [-0.2, 0) is 20.1 Å². The Morgan fingerprint density at radius 1 is 0.592 bits per heavy atom. The fourth-order valence-electron chi connectivity index (χ4n) is 6.16. The number of fused-ring (bicyclic) bond motifs is 3. The predicted octanol–water partition coefficient (Wildman–Crippen LogP) is 11.2. The van der Waals surface area contributed by atoms with Crippen molar-refractivity contribution in [2.24, 2.45) is 0 Å². The fourth-order valence-corrected chi connectivity index (χ4v) is 7.87. The molecule has 0 saturated carbocycles. The van der Waals surface area contributed by atoms with Crippen LogP contribution in [-0.4, -0.2) is 18.0 Å². The van der Waals surface area contributed by atoms with E-state index >= 15 is 0 Å². The summed E-state index contributed by atoms with van der Waals surface area (Å²) in [5.74, 6) is 0. The van der Waals surface area contributed by atoms with Gasteiger partial charge in [-0.25, -0.2) is 0 Å². The van der Waals surface area contributed by atoms with Gasteiger partial charge in [-0.2, -0.15) is 0 Å². The van der Waals surface area contributed by atoms with E-state index in [1.54, 1.807) is 0 Å². The van der Waals surface area contributed by atoms with E-state index in [-0.39, 0.29) is 20.1 Å². The van der Waals surface area contributed by atoms with Crippen LogP contribution in [0.15, 0.2) is 150 Å². The van der Waals surface area contributed by atoms with Gasteiger partial charge >= 0.3 is 0 Å². The van der Waals surface area contributed by atoms with E-state index in [4.69, 9.17) is 4.42 Å². The largest absolute Gasteiger partial charge is 0.501 e. The molecular weight excluding hydrogens is 793 g/mol. The van der Waals surface area contributed by atoms with Crippen molar-refractivity contribution in [2.75, 3.05) is 0 Å². The first kappa shape index (κ1) is 33.9. The summed E-state index contributed by atoms with van der Waals surface area (Å²) in [6.45, 7) is 9.24. The van der Waals surface area contributed by atoms with Crippen molar-refractivity contribution in [3.05, 3.63) is 164 Å². The number of nitrogens with zero attached hydrogens (tertiary/aromatic N) is 2. The van der Waals surface area contributed by atoms with Crippen molar-refractivity contribution in [1.82, 2.24) is 9.97 Å². The van der Waals surface area contributed by atoms with Gasteiger partial charge in [0.25, 0.3) is 0 Å². The molecule has 0 spiro atoms. The molecule has 1 radical (unpaired) electrons. The second-order valence-corrected chi connectivity index (χ2v) is 18.0. The molecule has 49 heavy (non-hydrogen) atoms. The minimum atomic E-state index is -1.27. The molecule has 0 unspecified atom stereocenters. The Balaban J connectivity index is 0.000000198.